The molecule has 6 heteroatoms. The van der Waals surface area contributed by atoms with Crippen molar-refractivity contribution in [3.8, 4) is 11.3 Å². The first-order valence-electron chi connectivity index (χ1n) is 4.96. The molecule has 0 aliphatic rings. The summed E-state index contributed by atoms with van der Waals surface area (Å²) in [4.78, 5) is 8.13. The number of halogens is 1. The maximum absolute atomic E-state index is 5.93. The summed E-state index contributed by atoms with van der Waals surface area (Å²) in [5, 5.41) is 4.82. The normalized spacial score (nSPS) is 10.9. The molecule has 2 N–H and O–H groups in total. The number of rotatable bonds is 1. The highest BCUT2D eigenvalue weighted by molar-refractivity contribution is 6.33. The van der Waals surface area contributed by atoms with E-state index in [4.69, 9.17) is 17.3 Å². The zero-order chi connectivity index (χ0) is 11.8. The van der Waals surface area contributed by atoms with Crippen LogP contribution < -0.4 is 5.73 Å². The Kier molecular flexibility index (Phi) is 2.19. The molecule has 5 nitrogen and oxygen atoms in total. The van der Waals surface area contributed by atoms with Gasteiger partial charge in [-0.05, 0) is 18.2 Å². The minimum absolute atomic E-state index is 0.319. The van der Waals surface area contributed by atoms with Gasteiger partial charge in [-0.15, -0.1) is 0 Å². The molecular weight excluding hydrogens is 238 g/mol. The third-order valence-corrected chi connectivity index (χ3v) is 2.72. The third-order valence-electron chi connectivity index (χ3n) is 2.42. The molecule has 0 spiro atoms. The molecule has 3 aromatic heterocycles. The number of pyridine rings is 1. The molecule has 0 fully saturated rings. The van der Waals surface area contributed by atoms with Gasteiger partial charge in [-0.1, -0.05) is 11.6 Å². The highest BCUT2D eigenvalue weighted by Gasteiger charge is 2.05. The van der Waals surface area contributed by atoms with Crippen molar-refractivity contribution in [1.82, 2.24) is 19.6 Å². The van der Waals surface area contributed by atoms with Gasteiger partial charge in [0.05, 0.1) is 10.7 Å². The van der Waals surface area contributed by atoms with Crippen molar-refractivity contribution in [2.75, 3.05) is 5.73 Å². The Hall–Kier alpha value is -2.14. The van der Waals surface area contributed by atoms with Gasteiger partial charge in [0.15, 0.2) is 5.65 Å². The summed E-state index contributed by atoms with van der Waals surface area (Å²) in [6, 6.07) is 5.49. The SMILES string of the molecule is Nc1ncc(-c2ccc3nccn3n2)cc1Cl. The van der Waals surface area contributed by atoms with Crippen molar-refractivity contribution in [2.24, 2.45) is 0 Å². The van der Waals surface area contributed by atoms with E-state index in [0.29, 0.717) is 10.8 Å². The first-order chi connectivity index (χ1) is 8.24. The molecule has 17 heavy (non-hydrogen) atoms. The Morgan fingerprint density at radius 1 is 1.24 bits per heavy atom. The highest BCUT2D eigenvalue weighted by Crippen LogP contribution is 2.23. The first kappa shape index (κ1) is 10.0. The molecule has 3 aromatic rings. The van der Waals surface area contributed by atoms with Gasteiger partial charge in [0.1, 0.15) is 5.82 Å². The van der Waals surface area contributed by atoms with Crippen molar-refractivity contribution in [3.63, 3.8) is 0 Å². The quantitative estimate of drug-likeness (QED) is 0.712. The standard InChI is InChI=1S/C11H8ClN5/c12-8-5-7(6-15-11(8)13)9-1-2-10-14-3-4-17(10)16-9/h1-6H,(H2,13,15). The molecule has 0 radical (unpaired) electrons. The minimum atomic E-state index is 0.319. The van der Waals surface area contributed by atoms with E-state index in [0.717, 1.165) is 16.9 Å². The zero-order valence-corrected chi connectivity index (χ0v) is 9.46. The number of nitrogens with zero attached hydrogens (tertiary/aromatic N) is 4. The van der Waals surface area contributed by atoms with Crippen LogP contribution in [0.15, 0.2) is 36.8 Å². The lowest BCUT2D eigenvalue weighted by Gasteiger charge is -2.03. The molecule has 0 saturated carbocycles. The Balaban J connectivity index is 2.16. The molecule has 0 aliphatic heterocycles. The fourth-order valence-electron chi connectivity index (χ4n) is 1.56. The van der Waals surface area contributed by atoms with Crippen molar-refractivity contribution in [3.05, 3.63) is 41.8 Å². The monoisotopic (exact) mass is 245 g/mol. The molecule has 0 atom stereocenters. The Bertz CT molecular complexity index is 691. The summed E-state index contributed by atoms with van der Waals surface area (Å²) in [7, 11) is 0. The van der Waals surface area contributed by atoms with Crippen LogP contribution in [-0.2, 0) is 0 Å². The summed E-state index contributed by atoms with van der Waals surface area (Å²) < 4.78 is 1.69. The number of imidazole rings is 1. The Labute approximate surface area is 102 Å². The molecule has 0 aliphatic carbocycles. The second-order valence-electron chi connectivity index (χ2n) is 3.54. The van der Waals surface area contributed by atoms with Crippen LogP contribution in [0.2, 0.25) is 5.02 Å². The predicted octanol–water partition coefficient (Wildman–Crippen LogP) is 2.03. The molecule has 0 unspecified atom stereocenters. The topological polar surface area (TPSA) is 69.1 Å². The van der Waals surface area contributed by atoms with E-state index in [9.17, 15) is 0 Å². The van der Waals surface area contributed by atoms with Crippen molar-refractivity contribution >= 4 is 23.1 Å². The number of nitrogen functional groups attached to an aromatic ring is 1. The molecule has 0 saturated heterocycles. The Morgan fingerprint density at radius 3 is 2.94 bits per heavy atom. The van der Waals surface area contributed by atoms with Gasteiger partial charge < -0.3 is 5.73 Å². The maximum atomic E-state index is 5.93. The lowest BCUT2D eigenvalue weighted by molar-refractivity contribution is 0.941. The summed E-state index contributed by atoms with van der Waals surface area (Å²) >= 11 is 5.93. The summed E-state index contributed by atoms with van der Waals surface area (Å²) in [5.74, 6) is 0.319. The molecule has 0 amide bonds. The van der Waals surface area contributed by atoms with Crippen LogP contribution in [-0.4, -0.2) is 19.6 Å². The van der Waals surface area contributed by atoms with Gasteiger partial charge in [-0.3, -0.25) is 0 Å². The van der Waals surface area contributed by atoms with Crippen LogP contribution in [0.25, 0.3) is 16.9 Å². The number of aromatic nitrogens is 4. The largest absolute Gasteiger partial charge is 0.382 e. The van der Waals surface area contributed by atoms with E-state index in [1.165, 1.54) is 0 Å². The molecular formula is C11H8ClN5. The number of hydrogen-bond donors (Lipinski definition) is 1. The van der Waals surface area contributed by atoms with Gasteiger partial charge in [-0.25, -0.2) is 14.5 Å². The number of anilines is 1. The molecule has 0 aromatic carbocycles. The van der Waals surface area contributed by atoms with E-state index in [1.54, 1.807) is 29.2 Å². The van der Waals surface area contributed by atoms with Crippen molar-refractivity contribution < 1.29 is 0 Å². The lowest BCUT2D eigenvalue weighted by atomic mass is 10.2. The molecule has 84 valence electrons. The van der Waals surface area contributed by atoms with Crippen LogP contribution >= 0.6 is 11.6 Å². The van der Waals surface area contributed by atoms with Crippen LogP contribution in [0.4, 0.5) is 5.82 Å². The van der Waals surface area contributed by atoms with Crippen molar-refractivity contribution in [2.45, 2.75) is 0 Å². The second kappa shape index (κ2) is 3.71. The summed E-state index contributed by atoms with van der Waals surface area (Å²) in [6.45, 7) is 0. The van der Waals surface area contributed by atoms with Gasteiger partial charge >= 0.3 is 0 Å². The fraction of sp³-hybridized carbons (Fsp3) is 0. The maximum Gasteiger partial charge on any atom is 0.153 e. The average Bonchev–Trinajstić information content (AvgIpc) is 2.79. The zero-order valence-electron chi connectivity index (χ0n) is 8.71. The molecule has 3 rings (SSSR count). The van der Waals surface area contributed by atoms with E-state index in [2.05, 4.69) is 15.1 Å². The highest BCUT2D eigenvalue weighted by atomic mass is 35.5. The first-order valence-corrected chi connectivity index (χ1v) is 5.33. The number of hydrogen-bond acceptors (Lipinski definition) is 4. The Morgan fingerprint density at radius 2 is 2.12 bits per heavy atom. The number of nitrogens with two attached hydrogens (primary N) is 1. The summed E-state index contributed by atoms with van der Waals surface area (Å²) in [6.07, 6.45) is 5.12. The van der Waals surface area contributed by atoms with Gasteiger partial charge in [0.2, 0.25) is 0 Å². The van der Waals surface area contributed by atoms with E-state index in [-0.39, 0.29) is 0 Å². The van der Waals surface area contributed by atoms with Gasteiger partial charge in [0, 0.05) is 24.2 Å². The van der Waals surface area contributed by atoms with Crippen molar-refractivity contribution in [1.29, 1.82) is 0 Å². The van der Waals surface area contributed by atoms with Crippen LogP contribution in [0.5, 0.6) is 0 Å². The van der Waals surface area contributed by atoms with Crippen LogP contribution in [0, 0.1) is 0 Å². The minimum Gasteiger partial charge on any atom is -0.382 e. The second-order valence-corrected chi connectivity index (χ2v) is 3.95. The molecule has 0 bridgehead atoms. The predicted molar refractivity (Wildman–Crippen MR) is 65.6 cm³/mol. The van der Waals surface area contributed by atoms with E-state index < -0.39 is 0 Å². The lowest BCUT2D eigenvalue weighted by Crippen LogP contribution is -1.95. The smallest absolute Gasteiger partial charge is 0.153 e. The fourth-order valence-corrected chi connectivity index (χ4v) is 1.72. The molecule has 3 heterocycles. The summed E-state index contributed by atoms with van der Waals surface area (Å²) in [5.41, 5.74) is 7.94. The van der Waals surface area contributed by atoms with Crippen LogP contribution in [0.3, 0.4) is 0 Å². The van der Waals surface area contributed by atoms with E-state index >= 15 is 0 Å². The van der Waals surface area contributed by atoms with Gasteiger partial charge in [-0.2, -0.15) is 5.10 Å². The van der Waals surface area contributed by atoms with Crippen LogP contribution in [0.1, 0.15) is 0 Å². The average molecular weight is 246 g/mol. The van der Waals surface area contributed by atoms with E-state index in [1.807, 2.05) is 12.1 Å². The van der Waals surface area contributed by atoms with Gasteiger partial charge in [0.25, 0.3) is 0 Å². The number of fused-ring (bicyclic) bond motifs is 1. The third kappa shape index (κ3) is 1.70.